The van der Waals surface area contributed by atoms with E-state index in [-0.39, 0.29) is 0 Å². The van der Waals surface area contributed by atoms with Crippen molar-refractivity contribution in [2.75, 3.05) is 6.61 Å². The average Bonchev–Trinajstić information content (AvgIpc) is 3.64. The van der Waals surface area contributed by atoms with Crippen LogP contribution < -0.4 is 0 Å². The Morgan fingerprint density at radius 1 is 0.623 bits per heavy atom. The van der Waals surface area contributed by atoms with Gasteiger partial charge in [0.1, 0.15) is 23.5 Å². The molecule has 0 saturated heterocycles. The molecule has 5 nitrogen and oxygen atoms in total. The molecule has 0 fully saturated rings. The molecule has 5 heteroatoms. The summed E-state index contributed by atoms with van der Waals surface area (Å²) in [5.41, 5.74) is 6.51. The number of hydrogen-bond donors (Lipinski definition) is 0. The van der Waals surface area contributed by atoms with Crippen LogP contribution in [-0.4, -0.2) is 21.6 Å². The molecule has 53 heavy (non-hydrogen) atoms. The smallest absolute Gasteiger partial charge is 0.165 e. The lowest BCUT2D eigenvalue weighted by molar-refractivity contribution is 0.258. The molecule has 1 aliphatic heterocycles. The summed E-state index contributed by atoms with van der Waals surface area (Å²) in [6, 6.07) is 41.8. The third-order valence-electron chi connectivity index (χ3n) is 9.72. The second-order valence-corrected chi connectivity index (χ2v) is 13.1. The minimum absolute atomic E-state index is 0.496. The predicted octanol–water partition coefficient (Wildman–Crippen LogP) is 12.1. The third-order valence-corrected chi connectivity index (χ3v) is 9.72. The van der Waals surface area contributed by atoms with Gasteiger partial charge in [0.25, 0.3) is 0 Å². The number of benzene rings is 6. The average molecular weight is 686 g/mol. The SMILES string of the molecule is C=C/C1=C(\C=C/Cc2ccc3oc4ccccc4c3c2-c2nc(-c3ccc4ccccc4c3)nc(-c3ccc4ccccc4c3)n2)C/C=C\C=C/CO1. The molecule has 2 aromatic heterocycles. The van der Waals surface area contributed by atoms with E-state index in [0.717, 1.165) is 83.5 Å². The molecular formula is C48H35N3O2. The highest BCUT2D eigenvalue weighted by molar-refractivity contribution is 6.12. The lowest BCUT2D eigenvalue weighted by Crippen LogP contribution is -2.02. The van der Waals surface area contributed by atoms with E-state index >= 15 is 0 Å². The summed E-state index contributed by atoms with van der Waals surface area (Å²) < 4.78 is 12.4. The van der Waals surface area contributed by atoms with Crippen LogP contribution in [0.3, 0.4) is 0 Å². The molecule has 3 heterocycles. The first-order chi connectivity index (χ1) is 26.2. The van der Waals surface area contributed by atoms with Crippen LogP contribution in [0, 0.1) is 0 Å². The highest BCUT2D eigenvalue weighted by Crippen LogP contribution is 2.39. The Hall–Kier alpha value is -6.85. The van der Waals surface area contributed by atoms with E-state index in [1.807, 2.05) is 30.4 Å². The normalized spacial score (nSPS) is 16.1. The molecule has 0 aliphatic carbocycles. The van der Waals surface area contributed by atoms with E-state index in [4.69, 9.17) is 24.1 Å². The molecule has 254 valence electrons. The van der Waals surface area contributed by atoms with Gasteiger partial charge >= 0.3 is 0 Å². The number of para-hydroxylation sites is 1. The van der Waals surface area contributed by atoms with Gasteiger partial charge < -0.3 is 9.15 Å². The molecule has 0 atom stereocenters. The zero-order valence-electron chi connectivity index (χ0n) is 29.1. The van der Waals surface area contributed by atoms with Gasteiger partial charge in [0.2, 0.25) is 0 Å². The van der Waals surface area contributed by atoms with Gasteiger partial charge in [0, 0.05) is 27.5 Å². The number of hydrogen-bond acceptors (Lipinski definition) is 5. The van der Waals surface area contributed by atoms with E-state index in [1.54, 1.807) is 6.08 Å². The zero-order valence-corrected chi connectivity index (χ0v) is 29.1. The summed E-state index contributed by atoms with van der Waals surface area (Å²) in [6.45, 7) is 4.51. The van der Waals surface area contributed by atoms with E-state index in [9.17, 15) is 0 Å². The van der Waals surface area contributed by atoms with Crippen LogP contribution in [0.1, 0.15) is 12.0 Å². The van der Waals surface area contributed by atoms with Crippen LogP contribution >= 0.6 is 0 Å². The highest BCUT2D eigenvalue weighted by atomic mass is 16.5. The van der Waals surface area contributed by atoms with E-state index < -0.39 is 0 Å². The summed E-state index contributed by atoms with van der Waals surface area (Å²) >= 11 is 0. The van der Waals surface area contributed by atoms with Gasteiger partial charge in [0.05, 0.1) is 0 Å². The molecule has 1 aliphatic rings. The van der Waals surface area contributed by atoms with Crippen LogP contribution in [-0.2, 0) is 11.2 Å². The number of furan rings is 1. The van der Waals surface area contributed by atoms with Gasteiger partial charge in [-0.05, 0) is 81.9 Å². The van der Waals surface area contributed by atoms with Crippen LogP contribution in [0.25, 0.3) is 77.6 Å². The Balaban J connectivity index is 1.26. The second-order valence-electron chi connectivity index (χ2n) is 13.1. The number of nitrogens with zero attached hydrogens (tertiary/aromatic N) is 3. The first-order valence-corrected chi connectivity index (χ1v) is 17.9. The molecule has 0 N–H and O–H groups in total. The van der Waals surface area contributed by atoms with E-state index in [1.165, 1.54) is 0 Å². The van der Waals surface area contributed by atoms with E-state index in [2.05, 4.69) is 134 Å². The van der Waals surface area contributed by atoms with Crippen molar-refractivity contribution in [3.63, 3.8) is 0 Å². The third kappa shape index (κ3) is 6.34. The summed E-state index contributed by atoms with van der Waals surface area (Å²) in [5, 5.41) is 6.58. The Labute approximate surface area is 307 Å². The largest absolute Gasteiger partial charge is 0.489 e. The summed E-state index contributed by atoms with van der Waals surface area (Å²) in [4.78, 5) is 15.7. The maximum absolute atomic E-state index is 6.42. The molecule has 6 aromatic carbocycles. The summed E-state index contributed by atoms with van der Waals surface area (Å²) in [5.74, 6) is 2.60. The predicted molar refractivity (Wildman–Crippen MR) is 217 cm³/mol. The topological polar surface area (TPSA) is 61.0 Å². The van der Waals surface area contributed by atoms with Crippen molar-refractivity contribution >= 4 is 43.5 Å². The molecular weight excluding hydrogens is 651 g/mol. The molecule has 0 spiro atoms. The Bertz CT molecular complexity index is 2720. The molecule has 0 saturated carbocycles. The van der Waals surface area contributed by atoms with E-state index in [0.29, 0.717) is 30.5 Å². The fourth-order valence-corrected chi connectivity index (χ4v) is 7.10. The van der Waals surface area contributed by atoms with Crippen molar-refractivity contribution in [2.24, 2.45) is 0 Å². The first kappa shape index (κ1) is 32.1. The van der Waals surface area contributed by atoms with Gasteiger partial charge in [-0.3, -0.25) is 0 Å². The zero-order chi connectivity index (χ0) is 35.6. The van der Waals surface area contributed by atoms with Crippen molar-refractivity contribution in [3.8, 4) is 34.2 Å². The minimum atomic E-state index is 0.496. The summed E-state index contributed by atoms with van der Waals surface area (Å²) in [6.07, 6.45) is 15.7. The molecule has 9 rings (SSSR count). The lowest BCUT2D eigenvalue weighted by Gasteiger charge is -2.13. The Morgan fingerprint density at radius 3 is 1.98 bits per heavy atom. The number of rotatable bonds is 7. The highest BCUT2D eigenvalue weighted by Gasteiger charge is 2.21. The maximum Gasteiger partial charge on any atom is 0.165 e. The molecule has 0 amide bonds. The number of ether oxygens (including phenoxy) is 1. The Morgan fingerprint density at radius 2 is 1.26 bits per heavy atom. The standard InChI is InChI=1S/C48H35N3O2/c1-2-41-34(16-5-3-4-12-29-52-41)19-13-20-35-27-28-43-45(40-21-10-11-22-42(40)53-43)44(35)48-50-46(38-25-23-32-14-6-8-17-36(32)30-38)49-47(51-48)39-26-24-33-15-7-9-18-37(33)31-39/h2-15,17-19,21-28,30-31H,1,16,20,29H2/b5-3-,12-4-,19-13-,41-34+. The van der Waals surface area contributed by atoms with Crippen molar-refractivity contribution < 1.29 is 9.15 Å². The van der Waals surface area contributed by atoms with Gasteiger partial charge in [-0.15, -0.1) is 0 Å². The second kappa shape index (κ2) is 14.0. The van der Waals surface area contributed by atoms with Crippen molar-refractivity contribution in [3.05, 3.63) is 187 Å². The van der Waals surface area contributed by atoms with Crippen LogP contribution in [0.2, 0.25) is 0 Å². The fourth-order valence-electron chi connectivity index (χ4n) is 7.10. The van der Waals surface area contributed by atoms with Crippen molar-refractivity contribution in [2.45, 2.75) is 12.8 Å². The molecule has 0 radical (unpaired) electrons. The first-order valence-electron chi connectivity index (χ1n) is 17.9. The number of allylic oxidation sites excluding steroid dienone is 7. The van der Waals surface area contributed by atoms with Crippen LogP contribution in [0.4, 0.5) is 0 Å². The van der Waals surface area contributed by atoms with Crippen molar-refractivity contribution in [1.29, 1.82) is 0 Å². The van der Waals surface area contributed by atoms with Crippen molar-refractivity contribution in [1.82, 2.24) is 15.0 Å². The molecule has 8 aromatic rings. The van der Waals surface area contributed by atoms with Gasteiger partial charge in [-0.2, -0.15) is 0 Å². The van der Waals surface area contributed by atoms with Gasteiger partial charge in [-0.25, -0.2) is 15.0 Å². The number of fused-ring (bicyclic) bond motifs is 5. The lowest BCUT2D eigenvalue weighted by atomic mass is 9.96. The van der Waals surface area contributed by atoms with Crippen LogP contribution in [0.5, 0.6) is 0 Å². The summed E-state index contributed by atoms with van der Waals surface area (Å²) in [7, 11) is 0. The molecule has 0 unspecified atom stereocenters. The number of aromatic nitrogens is 3. The van der Waals surface area contributed by atoms with Gasteiger partial charge in [0.15, 0.2) is 17.5 Å². The minimum Gasteiger partial charge on any atom is -0.489 e. The fraction of sp³-hybridized carbons (Fsp3) is 0.0625. The Kier molecular flexibility index (Phi) is 8.50. The molecule has 0 bridgehead atoms. The van der Waals surface area contributed by atoms with Gasteiger partial charge in [-0.1, -0.05) is 134 Å². The quantitative estimate of drug-likeness (QED) is 0.167. The van der Waals surface area contributed by atoms with Crippen LogP contribution in [0.15, 0.2) is 186 Å². The maximum atomic E-state index is 6.42. The monoisotopic (exact) mass is 685 g/mol.